The van der Waals surface area contributed by atoms with Crippen LogP contribution in [0.5, 0.6) is 11.5 Å². The van der Waals surface area contributed by atoms with E-state index in [1.165, 1.54) is 5.56 Å². The van der Waals surface area contributed by atoms with E-state index in [4.69, 9.17) is 10.5 Å². The van der Waals surface area contributed by atoms with Crippen LogP contribution in [0.3, 0.4) is 0 Å². The zero-order valence-corrected chi connectivity index (χ0v) is 11.3. The summed E-state index contributed by atoms with van der Waals surface area (Å²) in [4.78, 5) is 2.41. The molecule has 1 saturated heterocycles. The third kappa shape index (κ3) is 1.70. The largest absolute Gasteiger partial charge is 0.455 e. The first-order valence-corrected chi connectivity index (χ1v) is 7.22. The number of anilines is 1. The zero-order valence-electron chi connectivity index (χ0n) is 11.3. The van der Waals surface area contributed by atoms with Crippen molar-refractivity contribution in [3.05, 3.63) is 54.1 Å². The predicted molar refractivity (Wildman–Crippen MR) is 80.3 cm³/mol. The summed E-state index contributed by atoms with van der Waals surface area (Å²) >= 11 is 0. The zero-order chi connectivity index (χ0) is 13.5. The van der Waals surface area contributed by atoms with Crippen LogP contribution in [0.4, 0.5) is 5.69 Å². The van der Waals surface area contributed by atoms with E-state index in [2.05, 4.69) is 29.2 Å². The molecule has 0 amide bonds. The summed E-state index contributed by atoms with van der Waals surface area (Å²) in [5.41, 5.74) is 8.79. The molecule has 2 aliphatic heterocycles. The second kappa shape index (κ2) is 4.53. The summed E-state index contributed by atoms with van der Waals surface area (Å²) in [6.07, 6.45) is 2.20. The summed E-state index contributed by atoms with van der Waals surface area (Å²) in [5, 5.41) is 0. The van der Waals surface area contributed by atoms with Crippen molar-refractivity contribution in [3.63, 3.8) is 0 Å². The van der Waals surface area contributed by atoms with Gasteiger partial charge in [0.25, 0.3) is 0 Å². The van der Waals surface area contributed by atoms with Crippen molar-refractivity contribution in [2.45, 2.75) is 24.9 Å². The van der Waals surface area contributed by atoms with Gasteiger partial charge in [0, 0.05) is 18.2 Å². The average Bonchev–Trinajstić information content (AvgIpc) is 2.62. The van der Waals surface area contributed by atoms with Crippen LogP contribution in [-0.2, 0) is 0 Å². The molecule has 4 rings (SSSR count). The van der Waals surface area contributed by atoms with Crippen molar-refractivity contribution < 1.29 is 4.74 Å². The van der Waals surface area contributed by atoms with Gasteiger partial charge in [0.05, 0.1) is 11.7 Å². The average molecular weight is 266 g/mol. The molecule has 0 radical (unpaired) electrons. The fourth-order valence-electron chi connectivity index (χ4n) is 3.41. The van der Waals surface area contributed by atoms with E-state index < -0.39 is 0 Å². The van der Waals surface area contributed by atoms with Gasteiger partial charge in [-0.2, -0.15) is 0 Å². The second-order valence-corrected chi connectivity index (χ2v) is 5.55. The highest BCUT2D eigenvalue weighted by molar-refractivity contribution is 5.64. The summed E-state index contributed by atoms with van der Waals surface area (Å²) in [7, 11) is 0. The monoisotopic (exact) mass is 266 g/mol. The van der Waals surface area contributed by atoms with Crippen LogP contribution in [0.15, 0.2) is 48.5 Å². The summed E-state index contributed by atoms with van der Waals surface area (Å²) in [6, 6.07) is 16.9. The topological polar surface area (TPSA) is 38.5 Å². The van der Waals surface area contributed by atoms with Crippen LogP contribution in [0.2, 0.25) is 0 Å². The van der Waals surface area contributed by atoms with Crippen molar-refractivity contribution in [2.75, 3.05) is 11.4 Å². The third-order valence-electron chi connectivity index (χ3n) is 4.31. The number of nitrogens with two attached hydrogens (primary N) is 1. The Morgan fingerprint density at radius 1 is 1.00 bits per heavy atom. The Hall–Kier alpha value is -2.00. The summed E-state index contributed by atoms with van der Waals surface area (Å²) in [5.74, 6) is 1.86. The van der Waals surface area contributed by atoms with Crippen molar-refractivity contribution in [3.8, 4) is 11.5 Å². The number of piperidine rings is 1. The fraction of sp³-hybridized carbons (Fsp3) is 0.294. The molecule has 3 heteroatoms. The molecule has 0 aliphatic carbocycles. The summed E-state index contributed by atoms with van der Waals surface area (Å²) < 4.78 is 6.15. The van der Waals surface area contributed by atoms with Crippen molar-refractivity contribution >= 4 is 5.69 Å². The minimum atomic E-state index is 0.152. The first kappa shape index (κ1) is 11.8. The molecule has 102 valence electrons. The van der Waals surface area contributed by atoms with Gasteiger partial charge in [0.1, 0.15) is 5.75 Å². The minimum absolute atomic E-state index is 0.152. The van der Waals surface area contributed by atoms with E-state index in [-0.39, 0.29) is 12.1 Å². The van der Waals surface area contributed by atoms with Crippen LogP contribution in [-0.4, -0.2) is 12.6 Å². The molecule has 0 saturated carbocycles. The lowest BCUT2D eigenvalue weighted by Crippen LogP contribution is -2.45. The van der Waals surface area contributed by atoms with Gasteiger partial charge in [0.15, 0.2) is 5.75 Å². The lowest BCUT2D eigenvalue weighted by molar-refractivity contribution is 0.408. The van der Waals surface area contributed by atoms with Crippen LogP contribution in [0.25, 0.3) is 0 Å². The van der Waals surface area contributed by atoms with Crippen molar-refractivity contribution in [2.24, 2.45) is 5.73 Å². The standard InChI is InChI=1S/C17H18N2O/c18-13-7-5-11-19-14-8-2-4-10-16(14)20-15-9-3-1-6-12(15)17(13)19/h1-4,6,8-10,13,17H,5,7,11,18H2/t13-,17-/m0/s1. The predicted octanol–water partition coefficient (Wildman–Crippen LogP) is 3.46. The molecule has 3 nitrogen and oxygen atoms in total. The molecule has 2 aromatic rings. The number of para-hydroxylation sites is 3. The highest BCUT2D eigenvalue weighted by atomic mass is 16.5. The number of benzene rings is 2. The molecule has 2 aliphatic rings. The molecule has 2 atom stereocenters. The number of hydrogen-bond donors (Lipinski definition) is 1. The lowest BCUT2D eigenvalue weighted by Gasteiger charge is -2.40. The Morgan fingerprint density at radius 3 is 2.65 bits per heavy atom. The lowest BCUT2D eigenvalue weighted by atomic mass is 9.90. The Morgan fingerprint density at radius 2 is 1.75 bits per heavy atom. The molecule has 20 heavy (non-hydrogen) atoms. The van der Waals surface area contributed by atoms with Gasteiger partial charge in [-0.1, -0.05) is 30.3 Å². The number of fused-ring (bicyclic) bond motifs is 5. The highest BCUT2D eigenvalue weighted by Gasteiger charge is 2.35. The molecule has 0 bridgehead atoms. The molecule has 0 unspecified atom stereocenters. The maximum absolute atomic E-state index is 6.43. The van der Waals surface area contributed by atoms with Gasteiger partial charge in [-0.3, -0.25) is 0 Å². The Kier molecular flexibility index (Phi) is 2.67. The Balaban J connectivity index is 1.94. The molecule has 1 fully saturated rings. The maximum Gasteiger partial charge on any atom is 0.150 e. The van der Waals surface area contributed by atoms with E-state index in [1.54, 1.807) is 0 Å². The van der Waals surface area contributed by atoms with Gasteiger partial charge >= 0.3 is 0 Å². The molecular formula is C17H18N2O. The van der Waals surface area contributed by atoms with Gasteiger partial charge in [-0.15, -0.1) is 0 Å². The van der Waals surface area contributed by atoms with Gasteiger partial charge < -0.3 is 15.4 Å². The van der Waals surface area contributed by atoms with Crippen LogP contribution >= 0.6 is 0 Å². The Labute approximate surface area is 119 Å². The maximum atomic E-state index is 6.43. The molecule has 0 aromatic heterocycles. The molecular weight excluding hydrogens is 248 g/mol. The van der Waals surface area contributed by atoms with Crippen LogP contribution in [0, 0.1) is 0 Å². The molecule has 2 N–H and O–H groups in total. The number of ether oxygens (including phenoxy) is 1. The van der Waals surface area contributed by atoms with E-state index in [0.717, 1.165) is 36.6 Å². The van der Waals surface area contributed by atoms with Gasteiger partial charge in [-0.25, -0.2) is 0 Å². The van der Waals surface area contributed by atoms with Gasteiger partial charge in [0.2, 0.25) is 0 Å². The van der Waals surface area contributed by atoms with E-state index in [0.29, 0.717) is 0 Å². The fourth-order valence-corrected chi connectivity index (χ4v) is 3.41. The molecule has 2 heterocycles. The number of hydrogen-bond acceptors (Lipinski definition) is 3. The van der Waals surface area contributed by atoms with E-state index in [9.17, 15) is 0 Å². The van der Waals surface area contributed by atoms with Crippen LogP contribution in [0.1, 0.15) is 24.4 Å². The minimum Gasteiger partial charge on any atom is -0.455 e. The third-order valence-corrected chi connectivity index (χ3v) is 4.31. The first-order valence-electron chi connectivity index (χ1n) is 7.22. The quantitative estimate of drug-likeness (QED) is 0.793. The van der Waals surface area contributed by atoms with Gasteiger partial charge in [-0.05, 0) is 31.0 Å². The molecule has 0 spiro atoms. The summed E-state index contributed by atoms with van der Waals surface area (Å²) in [6.45, 7) is 1.03. The SMILES string of the molecule is N[C@H]1CCCN2c3ccccc3Oc3ccccc3[C@@H]12. The smallest absolute Gasteiger partial charge is 0.150 e. The second-order valence-electron chi connectivity index (χ2n) is 5.55. The van der Waals surface area contributed by atoms with Crippen molar-refractivity contribution in [1.82, 2.24) is 0 Å². The normalized spacial score (nSPS) is 23.9. The number of rotatable bonds is 0. The molecule has 2 aromatic carbocycles. The van der Waals surface area contributed by atoms with E-state index in [1.807, 2.05) is 24.3 Å². The number of nitrogens with zero attached hydrogens (tertiary/aromatic N) is 1. The highest BCUT2D eigenvalue weighted by Crippen LogP contribution is 2.46. The van der Waals surface area contributed by atoms with Crippen molar-refractivity contribution in [1.29, 1.82) is 0 Å². The first-order chi connectivity index (χ1) is 9.84. The Bertz CT molecular complexity index is 640. The van der Waals surface area contributed by atoms with Crippen LogP contribution < -0.4 is 15.4 Å². The van der Waals surface area contributed by atoms with E-state index >= 15 is 0 Å².